The van der Waals surface area contributed by atoms with E-state index in [1.807, 2.05) is 53.4 Å². The molecule has 2 aromatic carbocycles. The SMILES string of the molecule is Cn1cc(-c2ccc3c(cnn3CC3CCN(C(=O)CCc4ccccc4)CC3)c2)cn1. The Hall–Kier alpha value is -3.41. The second-order valence-corrected chi connectivity index (χ2v) is 8.81. The molecule has 0 bridgehead atoms. The van der Waals surface area contributed by atoms with E-state index >= 15 is 0 Å². The zero-order valence-electron chi connectivity index (χ0n) is 18.5. The van der Waals surface area contributed by atoms with Crippen molar-refractivity contribution in [1.82, 2.24) is 24.5 Å². The lowest BCUT2D eigenvalue weighted by Crippen LogP contribution is -2.39. The van der Waals surface area contributed by atoms with E-state index in [-0.39, 0.29) is 5.91 Å². The van der Waals surface area contributed by atoms with E-state index in [1.165, 1.54) is 11.1 Å². The summed E-state index contributed by atoms with van der Waals surface area (Å²) in [5.74, 6) is 0.828. The molecule has 1 saturated heterocycles. The Morgan fingerprint density at radius 3 is 2.56 bits per heavy atom. The second-order valence-electron chi connectivity index (χ2n) is 8.81. The van der Waals surface area contributed by atoms with E-state index in [0.717, 1.165) is 55.4 Å². The minimum absolute atomic E-state index is 0.278. The third kappa shape index (κ3) is 4.44. The topological polar surface area (TPSA) is 56.0 Å². The lowest BCUT2D eigenvalue weighted by molar-refractivity contribution is -0.132. The van der Waals surface area contributed by atoms with Crippen LogP contribution in [0.5, 0.6) is 0 Å². The number of nitrogens with zero attached hydrogens (tertiary/aromatic N) is 5. The molecular weight excluding hydrogens is 398 g/mol. The van der Waals surface area contributed by atoms with Crippen molar-refractivity contribution >= 4 is 16.8 Å². The predicted molar refractivity (Wildman–Crippen MR) is 126 cm³/mol. The molecule has 0 N–H and O–H groups in total. The average molecular weight is 428 g/mol. The van der Waals surface area contributed by atoms with Crippen LogP contribution in [0, 0.1) is 5.92 Å². The number of amides is 1. The fourth-order valence-electron chi connectivity index (χ4n) is 4.65. The van der Waals surface area contributed by atoms with Gasteiger partial charge in [-0.2, -0.15) is 10.2 Å². The first kappa shape index (κ1) is 20.5. The molecular formula is C26H29N5O. The highest BCUT2D eigenvalue weighted by atomic mass is 16.2. The summed E-state index contributed by atoms with van der Waals surface area (Å²) >= 11 is 0. The van der Waals surface area contributed by atoms with Crippen molar-refractivity contribution in [2.24, 2.45) is 13.0 Å². The summed E-state index contributed by atoms with van der Waals surface area (Å²) in [7, 11) is 1.93. The highest BCUT2D eigenvalue weighted by molar-refractivity contribution is 5.84. The third-order valence-corrected chi connectivity index (χ3v) is 6.55. The first-order valence-electron chi connectivity index (χ1n) is 11.4. The molecule has 0 saturated carbocycles. The van der Waals surface area contributed by atoms with Crippen molar-refractivity contribution in [2.75, 3.05) is 13.1 Å². The fraction of sp³-hybridized carbons (Fsp3) is 0.346. The molecule has 1 fully saturated rings. The Morgan fingerprint density at radius 2 is 1.81 bits per heavy atom. The van der Waals surface area contributed by atoms with Crippen LogP contribution in [0.25, 0.3) is 22.0 Å². The Balaban J connectivity index is 1.17. The third-order valence-electron chi connectivity index (χ3n) is 6.55. The Bertz CT molecular complexity index is 1200. The van der Waals surface area contributed by atoms with Crippen LogP contribution in [0.3, 0.4) is 0 Å². The maximum Gasteiger partial charge on any atom is 0.222 e. The molecule has 3 heterocycles. The fourth-order valence-corrected chi connectivity index (χ4v) is 4.65. The monoisotopic (exact) mass is 427 g/mol. The molecule has 6 heteroatoms. The number of hydrogen-bond acceptors (Lipinski definition) is 3. The van der Waals surface area contributed by atoms with E-state index in [4.69, 9.17) is 0 Å². The van der Waals surface area contributed by atoms with Crippen LogP contribution in [0.1, 0.15) is 24.8 Å². The van der Waals surface area contributed by atoms with Gasteiger partial charge in [-0.25, -0.2) is 0 Å². The van der Waals surface area contributed by atoms with Gasteiger partial charge in [0.2, 0.25) is 5.91 Å². The zero-order chi connectivity index (χ0) is 21.9. The van der Waals surface area contributed by atoms with Gasteiger partial charge in [-0.1, -0.05) is 36.4 Å². The van der Waals surface area contributed by atoms with Crippen LogP contribution in [-0.4, -0.2) is 43.5 Å². The minimum Gasteiger partial charge on any atom is -0.343 e. The molecule has 6 nitrogen and oxygen atoms in total. The molecule has 0 atom stereocenters. The Kier molecular flexibility index (Phi) is 5.75. The van der Waals surface area contributed by atoms with Crippen molar-refractivity contribution in [3.63, 3.8) is 0 Å². The smallest absolute Gasteiger partial charge is 0.222 e. The molecule has 0 aliphatic carbocycles. The van der Waals surface area contributed by atoms with Gasteiger partial charge in [-0.3, -0.25) is 14.2 Å². The van der Waals surface area contributed by atoms with Crippen molar-refractivity contribution in [1.29, 1.82) is 0 Å². The molecule has 1 aliphatic rings. The predicted octanol–water partition coefficient (Wildman–Crippen LogP) is 4.31. The average Bonchev–Trinajstić information content (AvgIpc) is 3.44. The minimum atomic E-state index is 0.278. The number of likely N-dealkylation sites (tertiary alicyclic amines) is 1. The summed E-state index contributed by atoms with van der Waals surface area (Å²) in [6.45, 7) is 2.60. The van der Waals surface area contributed by atoms with Gasteiger partial charge in [0.15, 0.2) is 0 Å². The van der Waals surface area contributed by atoms with Crippen LogP contribution in [0.15, 0.2) is 67.1 Å². The van der Waals surface area contributed by atoms with Gasteiger partial charge in [0, 0.05) is 50.2 Å². The molecule has 32 heavy (non-hydrogen) atoms. The van der Waals surface area contributed by atoms with Gasteiger partial charge in [0.25, 0.3) is 0 Å². The molecule has 5 rings (SSSR count). The molecule has 1 aliphatic heterocycles. The largest absolute Gasteiger partial charge is 0.343 e. The number of fused-ring (bicyclic) bond motifs is 1. The summed E-state index contributed by atoms with van der Waals surface area (Å²) in [5.41, 5.74) is 4.67. The van der Waals surface area contributed by atoms with E-state index in [9.17, 15) is 4.79 Å². The number of benzene rings is 2. The van der Waals surface area contributed by atoms with Gasteiger partial charge >= 0.3 is 0 Å². The summed E-state index contributed by atoms with van der Waals surface area (Å²) in [4.78, 5) is 14.7. The molecule has 0 unspecified atom stereocenters. The molecule has 0 radical (unpaired) electrons. The first-order chi connectivity index (χ1) is 15.7. The van der Waals surface area contributed by atoms with Gasteiger partial charge < -0.3 is 4.90 Å². The molecule has 2 aromatic heterocycles. The van der Waals surface area contributed by atoms with E-state index in [2.05, 4.69) is 45.2 Å². The number of aromatic nitrogens is 4. The quantitative estimate of drug-likeness (QED) is 0.461. The van der Waals surface area contributed by atoms with Crippen LogP contribution in [0.4, 0.5) is 0 Å². The second kappa shape index (κ2) is 8.99. The number of hydrogen-bond donors (Lipinski definition) is 0. The van der Waals surface area contributed by atoms with Crippen molar-refractivity contribution in [3.05, 3.63) is 72.7 Å². The lowest BCUT2D eigenvalue weighted by Gasteiger charge is -2.32. The Labute approximate surface area is 188 Å². The first-order valence-corrected chi connectivity index (χ1v) is 11.4. The summed E-state index contributed by atoms with van der Waals surface area (Å²) in [6.07, 6.45) is 9.36. The normalized spacial score (nSPS) is 14.8. The van der Waals surface area contributed by atoms with Crippen LogP contribution in [0.2, 0.25) is 0 Å². The zero-order valence-corrected chi connectivity index (χ0v) is 18.5. The van der Waals surface area contributed by atoms with Crippen molar-refractivity contribution in [3.8, 4) is 11.1 Å². The van der Waals surface area contributed by atoms with Crippen LogP contribution >= 0.6 is 0 Å². The van der Waals surface area contributed by atoms with Gasteiger partial charge in [-0.15, -0.1) is 0 Å². The van der Waals surface area contributed by atoms with Crippen molar-refractivity contribution < 1.29 is 4.79 Å². The van der Waals surface area contributed by atoms with Gasteiger partial charge in [0.05, 0.1) is 17.9 Å². The van der Waals surface area contributed by atoms with E-state index in [1.54, 1.807) is 0 Å². The maximum absolute atomic E-state index is 12.6. The maximum atomic E-state index is 12.6. The number of rotatable bonds is 6. The lowest BCUT2D eigenvalue weighted by atomic mass is 9.96. The summed E-state index contributed by atoms with van der Waals surface area (Å²) in [5, 5.41) is 10.1. The molecule has 1 amide bonds. The van der Waals surface area contributed by atoms with Crippen LogP contribution in [-0.2, 0) is 24.8 Å². The molecule has 4 aromatic rings. The van der Waals surface area contributed by atoms with Crippen LogP contribution < -0.4 is 0 Å². The molecule has 164 valence electrons. The summed E-state index contributed by atoms with van der Waals surface area (Å²) < 4.78 is 3.95. The van der Waals surface area contributed by atoms with Crippen molar-refractivity contribution in [2.45, 2.75) is 32.2 Å². The highest BCUT2D eigenvalue weighted by Gasteiger charge is 2.23. The van der Waals surface area contributed by atoms with E-state index < -0.39 is 0 Å². The highest BCUT2D eigenvalue weighted by Crippen LogP contribution is 2.26. The number of aryl methyl sites for hydroxylation is 2. The number of piperidine rings is 1. The molecule has 0 spiro atoms. The number of carbonyl (C=O) groups excluding carboxylic acids is 1. The number of carbonyl (C=O) groups is 1. The van der Waals surface area contributed by atoms with Gasteiger partial charge in [-0.05, 0) is 48.4 Å². The summed E-state index contributed by atoms with van der Waals surface area (Å²) in [6, 6.07) is 16.7. The Morgan fingerprint density at radius 1 is 1.00 bits per heavy atom. The van der Waals surface area contributed by atoms with E-state index in [0.29, 0.717) is 12.3 Å². The van der Waals surface area contributed by atoms with Gasteiger partial charge in [0.1, 0.15) is 0 Å². The standard InChI is InChI=1S/C26H29N5O/c1-29-19-24(17-27-29)22-8-9-25-23(15-22)16-28-31(25)18-21-11-13-30(14-12-21)26(32)10-7-20-5-3-2-4-6-20/h2-6,8-9,15-17,19,21H,7,10-14,18H2,1H3.